The summed E-state index contributed by atoms with van der Waals surface area (Å²) in [7, 11) is 0. The summed E-state index contributed by atoms with van der Waals surface area (Å²) in [6, 6.07) is 11.2. The fraction of sp³-hybridized carbons (Fsp3) is 0.150. The first-order valence-corrected chi connectivity index (χ1v) is 9.67. The number of nitrogen functional groups attached to an aromatic ring is 1. The highest BCUT2D eigenvalue weighted by atomic mass is 35.5. The number of nitrogens with two attached hydrogens (primary N) is 1. The Morgan fingerprint density at radius 3 is 2.73 bits per heavy atom. The summed E-state index contributed by atoms with van der Waals surface area (Å²) in [5, 5.41) is 5.04. The third kappa shape index (κ3) is 2.82. The second-order valence-corrected chi connectivity index (χ2v) is 7.35. The van der Waals surface area contributed by atoms with Gasteiger partial charge >= 0.3 is 0 Å². The van der Waals surface area contributed by atoms with Crippen molar-refractivity contribution in [3.8, 4) is 0 Å². The molecule has 1 aromatic carbocycles. The molecular weight excluding hydrogens is 404 g/mol. The molecule has 0 bridgehead atoms. The van der Waals surface area contributed by atoms with Crippen LogP contribution in [0, 0.1) is 0 Å². The maximum atomic E-state index is 13.4. The van der Waals surface area contributed by atoms with Crippen molar-refractivity contribution < 1.29 is 0 Å². The van der Waals surface area contributed by atoms with Crippen molar-refractivity contribution in [3.05, 3.63) is 82.0 Å². The van der Waals surface area contributed by atoms with Gasteiger partial charge in [0.25, 0.3) is 5.56 Å². The molecule has 150 valence electrons. The minimum absolute atomic E-state index is 0.218. The summed E-state index contributed by atoms with van der Waals surface area (Å²) >= 11 is 6.27. The number of aromatic nitrogens is 7. The van der Waals surface area contributed by atoms with E-state index in [1.807, 2.05) is 37.3 Å². The number of halogens is 1. The highest BCUT2D eigenvalue weighted by Crippen LogP contribution is 2.22. The summed E-state index contributed by atoms with van der Waals surface area (Å²) in [5.41, 5.74) is 8.08. The smallest absolute Gasteiger partial charge is 0.280 e. The van der Waals surface area contributed by atoms with Gasteiger partial charge in [0.05, 0.1) is 23.9 Å². The molecule has 0 aliphatic rings. The highest BCUT2D eigenvalue weighted by molar-refractivity contribution is 6.33. The van der Waals surface area contributed by atoms with E-state index in [9.17, 15) is 4.79 Å². The molecule has 5 rings (SSSR count). The molecule has 0 fully saturated rings. The van der Waals surface area contributed by atoms with E-state index in [-0.39, 0.29) is 18.1 Å². The van der Waals surface area contributed by atoms with E-state index in [2.05, 4.69) is 20.1 Å². The van der Waals surface area contributed by atoms with Gasteiger partial charge in [-0.05, 0) is 18.6 Å². The Balaban J connectivity index is 1.72. The van der Waals surface area contributed by atoms with Gasteiger partial charge in [0.15, 0.2) is 17.3 Å². The Morgan fingerprint density at radius 2 is 1.93 bits per heavy atom. The predicted octanol–water partition coefficient (Wildman–Crippen LogP) is 2.53. The summed E-state index contributed by atoms with van der Waals surface area (Å²) in [6.45, 7) is 2.23. The second kappa shape index (κ2) is 6.96. The zero-order valence-corrected chi connectivity index (χ0v) is 16.7. The fourth-order valence-electron chi connectivity index (χ4n) is 3.64. The number of hydrogen-bond acceptors (Lipinski definition) is 6. The lowest BCUT2D eigenvalue weighted by atomic mass is 10.1. The maximum Gasteiger partial charge on any atom is 0.280 e. The average molecular weight is 421 g/mol. The Bertz CT molecular complexity index is 1440. The molecule has 0 amide bonds. The predicted molar refractivity (Wildman–Crippen MR) is 114 cm³/mol. The largest absolute Gasteiger partial charge is 0.382 e. The van der Waals surface area contributed by atoms with Gasteiger partial charge in [0.1, 0.15) is 17.4 Å². The number of rotatable bonds is 4. The van der Waals surface area contributed by atoms with Crippen molar-refractivity contribution in [2.75, 3.05) is 5.73 Å². The van der Waals surface area contributed by atoms with Gasteiger partial charge in [-0.2, -0.15) is 5.10 Å². The number of benzene rings is 1. The van der Waals surface area contributed by atoms with E-state index < -0.39 is 0 Å². The zero-order chi connectivity index (χ0) is 20.8. The van der Waals surface area contributed by atoms with Gasteiger partial charge in [-0.1, -0.05) is 41.9 Å². The van der Waals surface area contributed by atoms with Crippen LogP contribution in [0.3, 0.4) is 0 Å². The summed E-state index contributed by atoms with van der Waals surface area (Å²) in [6.07, 6.45) is 4.68. The molecule has 0 aliphatic heterocycles. The SMILES string of the molecule is C[C@H](c1ccccc1)n1c(Cn2cnc3c(N)ncnc32)nn2ccc(Cl)c2c1=O. The number of imidazole rings is 1. The summed E-state index contributed by atoms with van der Waals surface area (Å²) in [5.74, 6) is 0.835. The lowest BCUT2D eigenvalue weighted by molar-refractivity contribution is 0.533. The quantitative estimate of drug-likeness (QED) is 0.478. The van der Waals surface area contributed by atoms with Crippen LogP contribution in [0.25, 0.3) is 16.7 Å². The van der Waals surface area contributed by atoms with E-state index >= 15 is 0 Å². The molecule has 2 N–H and O–H groups in total. The minimum Gasteiger partial charge on any atom is -0.382 e. The molecule has 30 heavy (non-hydrogen) atoms. The topological polar surface area (TPSA) is 109 Å². The Labute approximate surface area is 175 Å². The maximum absolute atomic E-state index is 13.4. The first-order valence-electron chi connectivity index (χ1n) is 9.29. The van der Waals surface area contributed by atoms with Crippen molar-refractivity contribution in [2.45, 2.75) is 19.5 Å². The molecule has 4 aromatic heterocycles. The molecule has 0 saturated carbocycles. The van der Waals surface area contributed by atoms with Gasteiger partial charge in [0.2, 0.25) is 0 Å². The van der Waals surface area contributed by atoms with E-state index in [0.29, 0.717) is 33.3 Å². The van der Waals surface area contributed by atoms with Crippen LogP contribution < -0.4 is 11.3 Å². The first-order chi connectivity index (χ1) is 14.5. The number of nitrogens with zero attached hydrogens (tertiary/aromatic N) is 7. The van der Waals surface area contributed by atoms with Crippen molar-refractivity contribution in [3.63, 3.8) is 0 Å². The molecule has 4 heterocycles. The lowest BCUT2D eigenvalue weighted by Gasteiger charge is -2.20. The second-order valence-electron chi connectivity index (χ2n) is 6.94. The third-order valence-corrected chi connectivity index (χ3v) is 5.46. The summed E-state index contributed by atoms with van der Waals surface area (Å²) < 4.78 is 4.96. The molecular formula is C20H17ClN8O. The molecule has 0 spiro atoms. The molecule has 10 heteroatoms. The number of anilines is 1. The van der Waals surface area contributed by atoms with Crippen LogP contribution >= 0.6 is 11.6 Å². The number of fused-ring (bicyclic) bond motifs is 2. The first kappa shape index (κ1) is 18.3. The van der Waals surface area contributed by atoms with Crippen molar-refractivity contribution in [2.24, 2.45) is 0 Å². The third-order valence-electron chi connectivity index (χ3n) is 5.15. The van der Waals surface area contributed by atoms with E-state index in [0.717, 1.165) is 5.56 Å². The molecule has 0 unspecified atom stereocenters. The van der Waals surface area contributed by atoms with Crippen molar-refractivity contribution in [1.29, 1.82) is 0 Å². The van der Waals surface area contributed by atoms with Crippen LogP contribution in [-0.2, 0) is 6.54 Å². The van der Waals surface area contributed by atoms with Gasteiger partial charge in [-0.25, -0.2) is 19.5 Å². The Kier molecular flexibility index (Phi) is 4.25. The van der Waals surface area contributed by atoms with Gasteiger partial charge in [0, 0.05) is 6.20 Å². The van der Waals surface area contributed by atoms with Crippen LogP contribution in [0.5, 0.6) is 0 Å². The van der Waals surface area contributed by atoms with Crippen LogP contribution in [0.1, 0.15) is 24.4 Å². The van der Waals surface area contributed by atoms with Gasteiger partial charge in [-0.15, -0.1) is 0 Å². The molecule has 9 nitrogen and oxygen atoms in total. The van der Waals surface area contributed by atoms with Gasteiger partial charge < -0.3 is 10.3 Å². The minimum atomic E-state index is -0.258. The summed E-state index contributed by atoms with van der Waals surface area (Å²) in [4.78, 5) is 26.0. The lowest BCUT2D eigenvalue weighted by Crippen LogP contribution is -2.31. The Hall–Kier alpha value is -3.72. The molecule has 0 saturated heterocycles. The van der Waals surface area contributed by atoms with E-state index in [4.69, 9.17) is 17.3 Å². The van der Waals surface area contributed by atoms with E-state index in [1.165, 1.54) is 10.8 Å². The van der Waals surface area contributed by atoms with E-state index in [1.54, 1.807) is 27.7 Å². The van der Waals surface area contributed by atoms with Crippen LogP contribution in [0.2, 0.25) is 5.02 Å². The Morgan fingerprint density at radius 1 is 1.13 bits per heavy atom. The van der Waals surface area contributed by atoms with Gasteiger partial charge in [-0.3, -0.25) is 9.36 Å². The van der Waals surface area contributed by atoms with Crippen LogP contribution in [0.4, 0.5) is 5.82 Å². The van der Waals surface area contributed by atoms with Crippen molar-refractivity contribution in [1.82, 2.24) is 33.7 Å². The fourth-order valence-corrected chi connectivity index (χ4v) is 3.86. The number of hydrogen-bond donors (Lipinski definition) is 1. The monoisotopic (exact) mass is 420 g/mol. The average Bonchev–Trinajstić information content (AvgIpc) is 3.33. The van der Waals surface area contributed by atoms with Crippen LogP contribution in [0.15, 0.2) is 60.0 Å². The molecule has 0 aliphatic carbocycles. The zero-order valence-electron chi connectivity index (χ0n) is 16.0. The molecule has 1 atom stereocenters. The molecule has 0 radical (unpaired) electrons. The molecule has 5 aromatic rings. The highest BCUT2D eigenvalue weighted by Gasteiger charge is 2.20. The normalized spacial score (nSPS) is 12.6. The van der Waals surface area contributed by atoms with Crippen molar-refractivity contribution >= 4 is 34.1 Å². The standard InChI is InChI=1S/C20H17ClN8O/c1-12(13-5-3-2-4-6-13)29-15(26-28-8-7-14(21)17(28)20(29)30)9-27-11-25-16-18(22)23-10-24-19(16)27/h2-8,10-12H,9H2,1H3,(H2,22,23,24)/t12-/m1/s1. The van der Waals surface area contributed by atoms with Crippen LogP contribution in [-0.4, -0.2) is 33.7 Å².